The van der Waals surface area contributed by atoms with Crippen molar-refractivity contribution in [1.82, 2.24) is 9.97 Å². The van der Waals surface area contributed by atoms with Crippen LogP contribution in [0.1, 0.15) is 15.9 Å². The molecular formula is C20H19ClN4O2. The lowest BCUT2D eigenvalue weighted by molar-refractivity contribution is 0.102. The molecule has 2 aromatic carbocycles. The van der Waals surface area contributed by atoms with Crippen molar-refractivity contribution in [3.8, 4) is 5.75 Å². The third-order valence-electron chi connectivity index (χ3n) is 3.94. The molecule has 1 amide bonds. The second-order valence-electron chi connectivity index (χ2n) is 6.09. The van der Waals surface area contributed by atoms with Gasteiger partial charge >= 0.3 is 0 Å². The van der Waals surface area contributed by atoms with E-state index in [0.717, 1.165) is 22.0 Å². The molecule has 138 valence electrons. The highest BCUT2D eigenvalue weighted by Gasteiger charge is 2.13. The minimum absolute atomic E-state index is 0.272. The maximum absolute atomic E-state index is 12.6. The second-order valence-corrected chi connectivity index (χ2v) is 6.49. The van der Waals surface area contributed by atoms with E-state index in [-0.39, 0.29) is 12.5 Å². The van der Waals surface area contributed by atoms with Crippen LogP contribution in [0.4, 0.5) is 5.82 Å². The fraction of sp³-hybridized carbons (Fsp3) is 0.150. The van der Waals surface area contributed by atoms with Gasteiger partial charge in [-0.15, -0.1) is 0 Å². The molecule has 27 heavy (non-hydrogen) atoms. The van der Waals surface area contributed by atoms with E-state index in [2.05, 4.69) is 21.9 Å². The molecule has 0 aliphatic heterocycles. The Balaban J connectivity index is 1.80. The van der Waals surface area contributed by atoms with Crippen LogP contribution >= 0.6 is 11.6 Å². The molecule has 0 aliphatic carbocycles. The average molecular weight is 383 g/mol. The third-order valence-corrected chi connectivity index (χ3v) is 4.23. The number of halogens is 1. The Kier molecular flexibility index (Phi) is 5.69. The molecule has 0 atom stereocenters. The number of hydrogen-bond acceptors (Lipinski definition) is 5. The van der Waals surface area contributed by atoms with E-state index in [1.54, 1.807) is 18.2 Å². The van der Waals surface area contributed by atoms with Crippen LogP contribution in [0.5, 0.6) is 5.75 Å². The van der Waals surface area contributed by atoms with Crippen molar-refractivity contribution in [2.45, 2.75) is 6.92 Å². The fourth-order valence-corrected chi connectivity index (χ4v) is 2.68. The molecule has 6 nitrogen and oxygen atoms in total. The van der Waals surface area contributed by atoms with Gasteiger partial charge in [0.2, 0.25) is 0 Å². The topological polar surface area (TPSA) is 90.1 Å². The lowest BCUT2D eigenvalue weighted by Gasteiger charge is -2.11. The van der Waals surface area contributed by atoms with Gasteiger partial charge in [0.05, 0.1) is 10.5 Å². The average Bonchev–Trinajstić information content (AvgIpc) is 2.67. The molecule has 3 N–H and O–H groups in total. The molecule has 0 bridgehead atoms. The number of rotatable bonds is 6. The van der Waals surface area contributed by atoms with Crippen LogP contribution in [0.2, 0.25) is 5.02 Å². The van der Waals surface area contributed by atoms with Crippen LogP contribution in [-0.4, -0.2) is 29.0 Å². The van der Waals surface area contributed by atoms with E-state index in [9.17, 15) is 4.79 Å². The molecule has 0 aliphatic rings. The molecular weight excluding hydrogens is 364 g/mol. The molecule has 0 unspecified atom stereocenters. The van der Waals surface area contributed by atoms with E-state index < -0.39 is 0 Å². The summed E-state index contributed by atoms with van der Waals surface area (Å²) < 4.78 is 5.55. The normalized spacial score (nSPS) is 10.6. The number of fused-ring (bicyclic) bond motifs is 1. The maximum Gasteiger partial charge on any atom is 0.256 e. The number of hydrogen-bond donors (Lipinski definition) is 2. The van der Waals surface area contributed by atoms with Crippen molar-refractivity contribution in [3.63, 3.8) is 0 Å². The summed E-state index contributed by atoms with van der Waals surface area (Å²) in [6.07, 6.45) is 1.42. The Morgan fingerprint density at radius 3 is 2.81 bits per heavy atom. The van der Waals surface area contributed by atoms with E-state index in [1.807, 2.05) is 25.1 Å². The summed E-state index contributed by atoms with van der Waals surface area (Å²) in [5.74, 6) is 0.589. The van der Waals surface area contributed by atoms with Gasteiger partial charge in [-0.1, -0.05) is 29.8 Å². The fourth-order valence-electron chi connectivity index (χ4n) is 2.45. The van der Waals surface area contributed by atoms with Crippen LogP contribution in [0.25, 0.3) is 10.9 Å². The third kappa shape index (κ3) is 4.42. The number of nitrogens with one attached hydrogen (secondary N) is 1. The van der Waals surface area contributed by atoms with E-state index in [4.69, 9.17) is 22.1 Å². The number of nitrogens with two attached hydrogens (primary N) is 1. The van der Waals surface area contributed by atoms with Crippen molar-refractivity contribution in [3.05, 3.63) is 71.0 Å². The molecule has 0 saturated carbocycles. The molecule has 7 heteroatoms. The molecule has 0 fully saturated rings. The number of carbonyl (C=O) groups excluding carboxylic acids is 1. The van der Waals surface area contributed by atoms with Crippen molar-refractivity contribution < 1.29 is 9.53 Å². The predicted octanol–water partition coefficient (Wildman–Crippen LogP) is 3.74. The van der Waals surface area contributed by atoms with Gasteiger partial charge in [0, 0.05) is 17.5 Å². The number of benzene rings is 2. The van der Waals surface area contributed by atoms with Gasteiger partial charge in [0.15, 0.2) is 0 Å². The SMILES string of the molecule is C=C(CN)COc1ccc(C(=O)Nc2ncnc3ccc(C)cc23)cc1Cl. The zero-order valence-electron chi connectivity index (χ0n) is 14.8. The Bertz CT molecular complexity index is 1020. The number of aryl methyl sites for hydroxylation is 1. The minimum Gasteiger partial charge on any atom is -0.488 e. The zero-order chi connectivity index (χ0) is 19.4. The Morgan fingerprint density at radius 2 is 2.07 bits per heavy atom. The van der Waals surface area contributed by atoms with Crippen LogP contribution in [-0.2, 0) is 0 Å². The first-order chi connectivity index (χ1) is 13.0. The van der Waals surface area contributed by atoms with Gasteiger partial charge in [0.1, 0.15) is 24.5 Å². The number of amides is 1. The number of ether oxygens (including phenoxy) is 1. The summed E-state index contributed by atoms with van der Waals surface area (Å²) in [5.41, 5.74) is 8.44. The summed E-state index contributed by atoms with van der Waals surface area (Å²) in [7, 11) is 0. The van der Waals surface area contributed by atoms with Crippen molar-refractivity contribution in [2.75, 3.05) is 18.5 Å². The van der Waals surface area contributed by atoms with E-state index in [1.165, 1.54) is 6.33 Å². The van der Waals surface area contributed by atoms with Crippen molar-refractivity contribution >= 4 is 34.2 Å². The Morgan fingerprint density at radius 1 is 1.26 bits per heavy atom. The standard InChI is InChI=1S/C20H19ClN4O2/c1-12-3-5-17-15(7-12)19(24-11-23-17)25-20(26)14-4-6-18(16(21)8-14)27-10-13(2)9-22/h3-8,11H,2,9-10,22H2,1H3,(H,23,24,25,26). The van der Waals surface area contributed by atoms with Gasteiger partial charge in [-0.3, -0.25) is 4.79 Å². The molecule has 0 spiro atoms. The molecule has 3 rings (SSSR count). The van der Waals surface area contributed by atoms with Gasteiger partial charge < -0.3 is 15.8 Å². The van der Waals surface area contributed by atoms with Crippen LogP contribution < -0.4 is 15.8 Å². The zero-order valence-corrected chi connectivity index (χ0v) is 15.6. The van der Waals surface area contributed by atoms with Crippen LogP contribution in [0.15, 0.2) is 54.9 Å². The van der Waals surface area contributed by atoms with E-state index in [0.29, 0.717) is 28.7 Å². The Labute approximate surface area is 162 Å². The highest BCUT2D eigenvalue weighted by Crippen LogP contribution is 2.27. The van der Waals surface area contributed by atoms with Gasteiger partial charge in [-0.25, -0.2) is 9.97 Å². The molecule has 1 heterocycles. The van der Waals surface area contributed by atoms with Crippen LogP contribution in [0.3, 0.4) is 0 Å². The number of aromatic nitrogens is 2. The monoisotopic (exact) mass is 382 g/mol. The second kappa shape index (κ2) is 8.16. The molecule has 0 saturated heterocycles. The largest absolute Gasteiger partial charge is 0.488 e. The number of anilines is 1. The summed E-state index contributed by atoms with van der Waals surface area (Å²) in [5, 5.41) is 3.92. The summed E-state index contributed by atoms with van der Waals surface area (Å²) in [6.45, 7) is 6.35. The molecule has 0 radical (unpaired) electrons. The Hall–Kier alpha value is -2.96. The quantitative estimate of drug-likeness (QED) is 0.634. The lowest BCUT2D eigenvalue weighted by atomic mass is 10.1. The minimum atomic E-state index is -0.323. The predicted molar refractivity (Wildman–Crippen MR) is 107 cm³/mol. The smallest absolute Gasteiger partial charge is 0.256 e. The maximum atomic E-state index is 12.6. The summed E-state index contributed by atoms with van der Waals surface area (Å²) in [6, 6.07) is 10.6. The number of nitrogens with zero attached hydrogens (tertiary/aromatic N) is 2. The molecule has 3 aromatic rings. The highest BCUT2D eigenvalue weighted by atomic mass is 35.5. The summed E-state index contributed by atoms with van der Waals surface area (Å²) in [4.78, 5) is 21.0. The summed E-state index contributed by atoms with van der Waals surface area (Å²) >= 11 is 6.23. The van der Waals surface area contributed by atoms with Gasteiger partial charge in [0.25, 0.3) is 5.91 Å². The number of carbonyl (C=O) groups is 1. The van der Waals surface area contributed by atoms with Crippen molar-refractivity contribution in [1.29, 1.82) is 0 Å². The first-order valence-electron chi connectivity index (χ1n) is 8.29. The van der Waals surface area contributed by atoms with Gasteiger partial charge in [-0.2, -0.15) is 0 Å². The lowest BCUT2D eigenvalue weighted by Crippen LogP contribution is -2.14. The van der Waals surface area contributed by atoms with Gasteiger partial charge in [-0.05, 0) is 42.8 Å². The van der Waals surface area contributed by atoms with Crippen LogP contribution in [0, 0.1) is 6.92 Å². The first kappa shape index (κ1) is 18.8. The van der Waals surface area contributed by atoms with E-state index >= 15 is 0 Å². The molecule has 1 aromatic heterocycles. The first-order valence-corrected chi connectivity index (χ1v) is 8.67. The van der Waals surface area contributed by atoms with Crippen molar-refractivity contribution in [2.24, 2.45) is 5.73 Å². The highest BCUT2D eigenvalue weighted by molar-refractivity contribution is 6.32.